The van der Waals surface area contributed by atoms with Crippen molar-refractivity contribution in [2.45, 2.75) is 20.1 Å². The molecule has 3 aromatic carbocycles. The second kappa shape index (κ2) is 10.2. The highest BCUT2D eigenvalue weighted by atomic mass is 19.1. The highest BCUT2D eigenvalue weighted by Crippen LogP contribution is 2.21. The van der Waals surface area contributed by atoms with Gasteiger partial charge >= 0.3 is 12.2 Å². The second-order valence-corrected chi connectivity index (χ2v) is 6.68. The lowest BCUT2D eigenvalue weighted by Crippen LogP contribution is -2.16. The third kappa shape index (κ3) is 6.81. The number of hydrogen-bond donors (Lipinski definition) is 2. The van der Waals surface area contributed by atoms with Gasteiger partial charge in [0.05, 0.1) is 0 Å². The Kier molecular flexibility index (Phi) is 7.16. The second-order valence-electron chi connectivity index (χ2n) is 6.68. The van der Waals surface area contributed by atoms with E-state index in [4.69, 9.17) is 9.47 Å². The maximum Gasteiger partial charge on any atom is 0.411 e. The third-order valence-corrected chi connectivity index (χ3v) is 4.29. The van der Waals surface area contributed by atoms with Crippen molar-refractivity contribution in [3.05, 3.63) is 95.1 Å². The van der Waals surface area contributed by atoms with Gasteiger partial charge in [-0.1, -0.05) is 30.3 Å². The van der Waals surface area contributed by atoms with Crippen LogP contribution in [0, 0.1) is 18.6 Å². The maximum absolute atomic E-state index is 12.9. The number of halogens is 2. The minimum atomic E-state index is -0.696. The summed E-state index contributed by atoms with van der Waals surface area (Å²) in [5.41, 5.74) is 2.90. The Bertz CT molecular complexity index is 1050. The van der Waals surface area contributed by atoms with Crippen LogP contribution in [-0.4, -0.2) is 12.2 Å². The van der Waals surface area contributed by atoms with E-state index >= 15 is 0 Å². The number of nitrogens with one attached hydrogen (secondary N) is 2. The fourth-order valence-electron chi connectivity index (χ4n) is 2.59. The zero-order chi connectivity index (χ0) is 22.2. The largest absolute Gasteiger partial charge is 0.444 e. The number of carbonyl (C=O) groups is 2. The van der Waals surface area contributed by atoms with Crippen LogP contribution in [0.3, 0.4) is 0 Å². The van der Waals surface area contributed by atoms with Crippen molar-refractivity contribution in [1.29, 1.82) is 0 Å². The van der Waals surface area contributed by atoms with Gasteiger partial charge in [0, 0.05) is 11.4 Å². The van der Waals surface area contributed by atoms with Crippen molar-refractivity contribution < 1.29 is 27.8 Å². The Morgan fingerprint density at radius 3 is 1.74 bits per heavy atom. The van der Waals surface area contributed by atoms with E-state index in [-0.39, 0.29) is 24.8 Å². The molecular formula is C23H20F2N2O4. The van der Waals surface area contributed by atoms with Crippen LogP contribution in [0.5, 0.6) is 0 Å². The molecule has 2 N–H and O–H groups in total. The monoisotopic (exact) mass is 426 g/mol. The molecule has 0 aliphatic carbocycles. The van der Waals surface area contributed by atoms with Crippen LogP contribution < -0.4 is 10.6 Å². The summed E-state index contributed by atoms with van der Waals surface area (Å²) >= 11 is 0. The van der Waals surface area contributed by atoms with E-state index in [0.717, 1.165) is 5.56 Å². The van der Waals surface area contributed by atoms with Gasteiger partial charge in [-0.2, -0.15) is 0 Å². The van der Waals surface area contributed by atoms with E-state index in [2.05, 4.69) is 10.6 Å². The number of rotatable bonds is 6. The first-order chi connectivity index (χ1) is 14.9. The Balaban J connectivity index is 1.52. The molecular weight excluding hydrogens is 406 g/mol. The molecule has 0 aromatic heterocycles. The predicted molar refractivity (Wildman–Crippen MR) is 112 cm³/mol. The summed E-state index contributed by atoms with van der Waals surface area (Å²) in [7, 11) is 0. The van der Waals surface area contributed by atoms with Crippen molar-refractivity contribution in [3.8, 4) is 0 Å². The van der Waals surface area contributed by atoms with Crippen molar-refractivity contribution in [1.82, 2.24) is 0 Å². The van der Waals surface area contributed by atoms with Crippen molar-refractivity contribution in [3.63, 3.8) is 0 Å². The molecule has 0 saturated carbocycles. The lowest BCUT2D eigenvalue weighted by molar-refractivity contribution is 0.154. The van der Waals surface area contributed by atoms with Gasteiger partial charge in [-0.25, -0.2) is 18.4 Å². The Morgan fingerprint density at radius 2 is 1.23 bits per heavy atom. The predicted octanol–water partition coefficient (Wildman–Crippen LogP) is 5.77. The summed E-state index contributed by atoms with van der Waals surface area (Å²) in [5, 5.41) is 5.17. The molecule has 0 fully saturated rings. The smallest absolute Gasteiger partial charge is 0.411 e. The Labute approximate surface area is 177 Å². The molecule has 3 rings (SSSR count). The third-order valence-electron chi connectivity index (χ3n) is 4.29. The van der Waals surface area contributed by atoms with Gasteiger partial charge in [0.1, 0.15) is 24.8 Å². The van der Waals surface area contributed by atoms with Crippen LogP contribution >= 0.6 is 0 Å². The standard InChI is InChI=1S/C23H20F2N2O4/c1-15-2-11-20(26-22(28)30-13-16-3-7-18(24)8-4-16)12-21(15)27-23(29)31-14-17-5-9-19(25)10-6-17/h2-12H,13-14H2,1H3,(H,26,28)(H,27,29). The van der Waals surface area contributed by atoms with Crippen LogP contribution in [-0.2, 0) is 22.7 Å². The van der Waals surface area contributed by atoms with Crippen LogP contribution in [0.1, 0.15) is 16.7 Å². The average molecular weight is 426 g/mol. The van der Waals surface area contributed by atoms with Crippen molar-refractivity contribution in [2.24, 2.45) is 0 Å². The Morgan fingerprint density at radius 1 is 0.742 bits per heavy atom. The molecule has 8 heteroatoms. The first kappa shape index (κ1) is 21.8. The molecule has 0 saturated heterocycles. The zero-order valence-corrected chi connectivity index (χ0v) is 16.7. The first-order valence-electron chi connectivity index (χ1n) is 9.36. The number of anilines is 2. The van der Waals surface area contributed by atoms with Gasteiger partial charge in [0.25, 0.3) is 0 Å². The van der Waals surface area contributed by atoms with E-state index in [1.807, 2.05) is 0 Å². The average Bonchev–Trinajstić information content (AvgIpc) is 2.75. The molecule has 31 heavy (non-hydrogen) atoms. The molecule has 0 unspecified atom stereocenters. The van der Waals surface area contributed by atoms with E-state index in [9.17, 15) is 18.4 Å². The maximum atomic E-state index is 12.9. The Hall–Kier alpha value is -3.94. The number of carbonyl (C=O) groups excluding carboxylic acids is 2. The highest BCUT2D eigenvalue weighted by molar-refractivity contribution is 5.89. The summed E-state index contributed by atoms with van der Waals surface area (Å²) in [6.07, 6.45) is -1.39. The molecule has 3 aromatic rings. The topological polar surface area (TPSA) is 76.7 Å². The zero-order valence-electron chi connectivity index (χ0n) is 16.7. The summed E-state index contributed by atoms with van der Waals surface area (Å²) in [5.74, 6) is -0.742. The molecule has 0 spiro atoms. The number of aryl methyl sites for hydroxylation is 1. The molecule has 6 nitrogen and oxygen atoms in total. The van der Waals surface area contributed by atoms with E-state index in [1.54, 1.807) is 25.1 Å². The van der Waals surface area contributed by atoms with E-state index in [1.165, 1.54) is 48.5 Å². The first-order valence-corrected chi connectivity index (χ1v) is 9.36. The van der Waals surface area contributed by atoms with Gasteiger partial charge < -0.3 is 9.47 Å². The normalized spacial score (nSPS) is 10.3. The molecule has 160 valence electrons. The SMILES string of the molecule is Cc1ccc(NC(=O)OCc2ccc(F)cc2)cc1NC(=O)OCc1ccc(F)cc1. The van der Waals surface area contributed by atoms with Crippen molar-refractivity contribution in [2.75, 3.05) is 10.6 Å². The van der Waals surface area contributed by atoms with Crippen LogP contribution in [0.15, 0.2) is 66.7 Å². The van der Waals surface area contributed by atoms with E-state index in [0.29, 0.717) is 22.5 Å². The molecule has 0 aliphatic heterocycles. The minimum absolute atomic E-state index is 0.0151. The van der Waals surface area contributed by atoms with Crippen LogP contribution in [0.4, 0.5) is 29.7 Å². The summed E-state index contributed by atoms with van der Waals surface area (Å²) in [6, 6.07) is 16.2. The summed E-state index contributed by atoms with van der Waals surface area (Å²) < 4.78 is 36.1. The van der Waals surface area contributed by atoms with Gasteiger partial charge in [0.2, 0.25) is 0 Å². The van der Waals surface area contributed by atoms with Crippen LogP contribution in [0.25, 0.3) is 0 Å². The quantitative estimate of drug-likeness (QED) is 0.525. The lowest BCUT2D eigenvalue weighted by Gasteiger charge is -2.12. The van der Waals surface area contributed by atoms with Gasteiger partial charge in [-0.3, -0.25) is 10.6 Å². The molecule has 0 bridgehead atoms. The van der Waals surface area contributed by atoms with Crippen molar-refractivity contribution >= 4 is 23.6 Å². The fourth-order valence-corrected chi connectivity index (χ4v) is 2.59. The number of amides is 2. The number of benzene rings is 3. The number of ether oxygens (including phenoxy) is 2. The van der Waals surface area contributed by atoms with Gasteiger partial charge in [-0.05, 0) is 60.0 Å². The minimum Gasteiger partial charge on any atom is -0.444 e. The van der Waals surface area contributed by atoms with Gasteiger partial charge in [-0.15, -0.1) is 0 Å². The molecule has 0 aliphatic rings. The summed E-state index contributed by atoms with van der Waals surface area (Å²) in [6.45, 7) is 1.75. The van der Waals surface area contributed by atoms with Gasteiger partial charge in [0.15, 0.2) is 0 Å². The van der Waals surface area contributed by atoms with Crippen LogP contribution in [0.2, 0.25) is 0 Å². The van der Waals surface area contributed by atoms with E-state index < -0.39 is 12.2 Å². The molecule has 0 atom stereocenters. The molecule has 2 amide bonds. The molecule has 0 radical (unpaired) electrons. The summed E-state index contributed by atoms with van der Waals surface area (Å²) in [4.78, 5) is 24.1. The lowest BCUT2D eigenvalue weighted by atomic mass is 10.2. The number of hydrogen-bond acceptors (Lipinski definition) is 4. The molecule has 0 heterocycles. The fraction of sp³-hybridized carbons (Fsp3) is 0.130. The highest BCUT2D eigenvalue weighted by Gasteiger charge is 2.10.